The van der Waals surface area contributed by atoms with Gasteiger partial charge in [-0.1, -0.05) is 24.3 Å². The van der Waals surface area contributed by atoms with Crippen molar-refractivity contribution in [2.45, 2.75) is 13.8 Å². The normalized spacial score (nSPS) is 10.4. The van der Waals surface area contributed by atoms with Crippen molar-refractivity contribution in [2.75, 3.05) is 16.0 Å². The maximum Gasteiger partial charge on any atom is 0.0386 e. The fourth-order valence-electron chi connectivity index (χ4n) is 3.22. The summed E-state index contributed by atoms with van der Waals surface area (Å²) < 4.78 is 0. The molecule has 0 saturated carbocycles. The number of rotatable bonds is 6. The van der Waals surface area contributed by atoms with E-state index in [0.717, 1.165) is 34.1 Å². The van der Waals surface area contributed by atoms with Crippen LogP contribution in [0.4, 0.5) is 34.1 Å². The van der Waals surface area contributed by atoms with Crippen LogP contribution in [0.25, 0.3) is 0 Å². The number of anilines is 6. The van der Waals surface area contributed by atoms with Crippen molar-refractivity contribution in [1.82, 2.24) is 0 Å². The first-order valence-corrected chi connectivity index (χ1v) is 9.79. The van der Waals surface area contributed by atoms with Crippen LogP contribution in [0, 0.1) is 13.8 Å². The number of benzene rings is 4. The van der Waals surface area contributed by atoms with Crippen molar-refractivity contribution in [2.24, 2.45) is 0 Å². The minimum atomic E-state index is 1.05. The van der Waals surface area contributed by atoms with Gasteiger partial charge in [-0.05, 0) is 97.8 Å². The van der Waals surface area contributed by atoms with Crippen LogP contribution in [0.2, 0.25) is 0 Å². The zero-order chi connectivity index (χ0) is 20.1. The van der Waals surface area contributed by atoms with Crippen molar-refractivity contribution in [3.8, 4) is 0 Å². The van der Waals surface area contributed by atoms with Crippen molar-refractivity contribution < 1.29 is 0 Å². The summed E-state index contributed by atoms with van der Waals surface area (Å²) in [6.07, 6.45) is 0. The molecule has 144 valence electrons. The molecule has 3 nitrogen and oxygen atoms in total. The molecule has 4 aromatic rings. The first kappa shape index (κ1) is 18.6. The molecule has 3 heteroatoms. The Labute approximate surface area is 172 Å². The molecule has 0 atom stereocenters. The fourth-order valence-corrected chi connectivity index (χ4v) is 3.22. The zero-order valence-electron chi connectivity index (χ0n) is 16.7. The second-order valence-corrected chi connectivity index (χ2v) is 7.27. The Kier molecular flexibility index (Phi) is 5.48. The van der Waals surface area contributed by atoms with Crippen LogP contribution in [0.3, 0.4) is 0 Å². The molecular weight excluding hydrogens is 354 g/mol. The van der Waals surface area contributed by atoms with Gasteiger partial charge in [-0.2, -0.15) is 0 Å². The lowest BCUT2D eigenvalue weighted by Crippen LogP contribution is -1.94. The van der Waals surface area contributed by atoms with Gasteiger partial charge >= 0.3 is 0 Å². The van der Waals surface area contributed by atoms with Gasteiger partial charge in [-0.15, -0.1) is 0 Å². The van der Waals surface area contributed by atoms with E-state index in [2.05, 4.69) is 127 Å². The third kappa shape index (κ3) is 5.17. The summed E-state index contributed by atoms with van der Waals surface area (Å²) in [7, 11) is 0. The molecule has 0 bridgehead atoms. The average Bonchev–Trinajstić information content (AvgIpc) is 2.71. The van der Waals surface area contributed by atoms with Gasteiger partial charge in [-0.3, -0.25) is 0 Å². The lowest BCUT2D eigenvalue weighted by Gasteiger charge is -2.11. The van der Waals surface area contributed by atoms with E-state index in [1.54, 1.807) is 0 Å². The van der Waals surface area contributed by atoms with Crippen LogP contribution >= 0.6 is 0 Å². The lowest BCUT2D eigenvalue weighted by atomic mass is 10.2. The Morgan fingerprint density at radius 1 is 0.379 bits per heavy atom. The molecule has 4 rings (SSSR count). The van der Waals surface area contributed by atoms with Crippen LogP contribution in [0.1, 0.15) is 11.1 Å². The minimum absolute atomic E-state index is 1.05. The van der Waals surface area contributed by atoms with Crippen LogP contribution in [0.15, 0.2) is 97.1 Å². The highest BCUT2D eigenvalue weighted by Gasteiger charge is 1.99. The maximum atomic E-state index is 3.45. The van der Waals surface area contributed by atoms with E-state index in [-0.39, 0.29) is 0 Å². The SMILES string of the molecule is Cc1cccc(Nc2ccc(Nc3ccc(Nc4cccc(C)c4)cc3)cc2)c1. The summed E-state index contributed by atoms with van der Waals surface area (Å²) >= 11 is 0. The molecule has 3 N–H and O–H groups in total. The van der Waals surface area contributed by atoms with Crippen molar-refractivity contribution in [3.05, 3.63) is 108 Å². The highest BCUT2D eigenvalue weighted by Crippen LogP contribution is 2.24. The van der Waals surface area contributed by atoms with Crippen LogP contribution in [-0.4, -0.2) is 0 Å². The van der Waals surface area contributed by atoms with Gasteiger partial charge in [0.1, 0.15) is 0 Å². The Morgan fingerprint density at radius 3 is 1.00 bits per heavy atom. The minimum Gasteiger partial charge on any atom is -0.356 e. The van der Waals surface area contributed by atoms with Gasteiger partial charge in [0.15, 0.2) is 0 Å². The second kappa shape index (κ2) is 8.53. The third-order valence-electron chi connectivity index (χ3n) is 4.67. The predicted molar refractivity (Wildman–Crippen MR) is 125 cm³/mol. The molecule has 0 fully saturated rings. The molecular formula is C26H25N3. The largest absolute Gasteiger partial charge is 0.356 e. The van der Waals surface area contributed by atoms with Crippen LogP contribution in [0.5, 0.6) is 0 Å². The first-order valence-electron chi connectivity index (χ1n) is 9.79. The topological polar surface area (TPSA) is 36.1 Å². The molecule has 0 aromatic heterocycles. The molecule has 0 spiro atoms. The number of hydrogen-bond donors (Lipinski definition) is 3. The molecule has 0 unspecified atom stereocenters. The number of nitrogens with one attached hydrogen (secondary N) is 3. The van der Waals surface area contributed by atoms with Crippen LogP contribution < -0.4 is 16.0 Å². The highest BCUT2D eigenvalue weighted by molar-refractivity contribution is 5.68. The Hall–Kier alpha value is -3.72. The van der Waals surface area contributed by atoms with Gasteiger partial charge in [0, 0.05) is 34.1 Å². The van der Waals surface area contributed by atoms with Crippen LogP contribution in [-0.2, 0) is 0 Å². The van der Waals surface area contributed by atoms with Crippen molar-refractivity contribution in [3.63, 3.8) is 0 Å². The summed E-state index contributed by atoms with van der Waals surface area (Å²) in [6, 6.07) is 33.4. The first-order chi connectivity index (χ1) is 14.1. The number of aryl methyl sites for hydroxylation is 2. The summed E-state index contributed by atoms with van der Waals surface area (Å²) in [5.41, 5.74) is 8.93. The molecule has 0 aliphatic rings. The van der Waals surface area contributed by atoms with Gasteiger partial charge in [-0.25, -0.2) is 0 Å². The van der Waals surface area contributed by atoms with E-state index in [0.29, 0.717) is 0 Å². The van der Waals surface area contributed by atoms with E-state index in [1.807, 2.05) is 0 Å². The summed E-state index contributed by atoms with van der Waals surface area (Å²) in [4.78, 5) is 0. The van der Waals surface area contributed by atoms with E-state index >= 15 is 0 Å². The van der Waals surface area contributed by atoms with Gasteiger partial charge in [0.2, 0.25) is 0 Å². The Morgan fingerprint density at radius 2 is 0.690 bits per heavy atom. The summed E-state index contributed by atoms with van der Waals surface area (Å²) in [5, 5.41) is 10.3. The predicted octanol–water partition coefficient (Wildman–Crippen LogP) is 7.53. The average molecular weight is 380 g/mol. The maximum absolute atomic E-state index is 3.45. The second-order valence-electron chi connectivity index (χ2n) is 7.27. The summed E-state index contributed by atoms with van der Waals surface area (Å²) in [5.74, 6) is 0. The fraction of sp³-hybridized carbons (Fsp3) is 0.0769. The van der Waals surface area contributed by atoms with E-state index in [4.69, 9.17) is 0 Å². The standard InChI is InChI=1S/C26H25N3/c1-19-5-3-7-25(17-19)28-23-13-9-21(10-14-23)27-22-11-15-24(16-12-22)29-26-8-4-6-20(2)18-26/h3-18,27-29H,1-2H3. The van der Waals surface area contributed by atoms with E-state index < -0.39 is 0 Å². The zero-order valence-corrected chi connectivity index (χ0v) is 16.7. The molecule has 0 aliphatic carbocycles. The monoisotopic (exact) mass is 379 g/mol. The summed E-state index contributed by atoms with van der Waals surface area (Å²) in [6.45, 7) is 4.19. The highest BCUT2D eigenvalue weighted by atomic mass is 14.9. The molecule has 29 heavy (non-hydrogen) atoms. The van der Waals surface area contributed by atoms with Gasteiger partial charge in [0.25, 0.3) is 0 Å². The molecule has 0 radical (unpaired) electrons. The Balaban J connectivity index is 1.37. The molecule has 0 saturated heterocycles. The van der Waals surface area contributed by atoms with E-state index in [9.17, 15) is 0 Å². The van der Waals surface area contributed by atoms with Gasteiger partial charge in [0.05, 0.1) is 0 Å². The quantitative estimate of drug-likeness (QED) is 0.324. The van der Waals surface area contributed by atoms with Crippen molar-refractivity contribution in [1.29, 1.82) is 0 Å². The molecule has 0 aliphatic heterocycles. The molecule has 4 aromatic carbocycles. The van der Waals surface area contributed by atoms with Crippen molar-refractivity contribution >= 4 is 34.1 Å². The van der Waals surface area contributed by atoms with E-state index in [1.165, 1.54) is 11.1 Å². The van der Waals surface area contributed by atoms with Gasteiger partial charge < -0.3 is 16.0 Å². The molecule has 0 amide bonds. The molecule has 0 heterocycles. The smallest absolute Gasteiger partial charge is 0.0386 e. The lowest BCUT2D eigenvalue weighted by molar-refractivity contribution is 1.44. The number of hydrogen-bond acceptors (Lipinski definition) is 3. The Bertz CT molecular complexity index is 994. The third-order valence-corrected chi connectivity index (χ3v) is 4.67.